The number of ether oxygens (including phenoxy) is 1. The minimum atomic E-state index is -0.0330. The molecule has 0 radical (unpaired) electrons. The summed E-state index contributed by atoms with van der Waals surface area (Å²) in [6, 6.07) is 18.2. The van der Waals surface area contributed by atoms with E-state index < -0.39 is 0 Å². The first-order valence-electron chi connectivity index (χ1n) is 9.82. The number of benzene rings is 2. The zero-order valence-electron chi connectivity index (χ0n) is 16.7. The summed E-state index contributed by atoms with van der Waals surface area (Å²) in [6.45, 7) is 7.62. The first kappa shape index (κ1) is 20.0. The van der Waals surface area contributed by atoms with E-state index in [1.165, 1.54) is 10.5 Å². The molecule has 1 amide bonds. The predicted octanol–water partition coefficient (Wildman–Crippen LogP) is -0.481. The van der Waals surface area contributed by atoms with E-state index in [0.717, 1.165) is 49.7 Å². The predicted molar refractivity (Wildman–Crippen MR) is 110 cm³/mol. The van der Waals surface area contributed by atoms with Gasteiger partial charge in [0.15, 0.2) is 6.54 Å². The highest BCUT2D eigenvalue weighted by Crippen LogP contribution is 2.11. The van der Waals surface area contributed by atoms with Crippen LogP contribution in [0.5, 0.6) is 5.75 Å². The number of methoxy groups -OCH3 is 1. The Morgan fingerprint density at radius 3 is 2.29 bits per heavy atom. The summed E-state index contributed by atoms with van der Waals surface area (Å²) in [7, 11) is 1.64. The molecule has 0 saturated carbocycles. The van der Waals surface area contributed by atoms with Crippen molar-refractivity contribution in [3.63, 3.8) is 0 Å². The first-order chi connectivity index (χ1) is 13.6. The second-order valence-electron chi connectivity index (χ2n) is 7.30. The molecule has 2 aromatic carbocycles. The number of hydrogen-bond acceptors (Lipinski definition) is 3. The minimum absolute atomic E-state index is 0.0330. The molecule has 3 rings (SSSR count). The van der Waals surface area contributed by atoms with Crippen molar-refractivity contribution in [2.75, 3.05) is 39.8 Å². The van der Waals surface area contributed by atoms with Crippen LogP contribution in [0.2, 0.25) is 0 Å². The minimum Gasteiger partial charge on any atom is -0.497 e. The molecule has 6 heteroatoms. The molecule has 3 N–H and O–H groups in total. The standard InChI is InChI=1S/C22H28N4O2/c1-18(20-8-10-21(28-2)11-9-20)23-24-22(27)17-26-14-12-25(13-15-26)16-19-6-4-3-5-7-19/h3-11H,12-17H2,1-2H3,(H,24,27)/p+2/b23-18+. The number of piperazine rings is 1. The molecule has 0 spiro atoms. The van der Waals surface area contributed by atoms with Gasteiger partial charge in [0.25, 0.3) is 5.91 Å². The van der Waals surface area contributed by atoms with Gasteiger partial charge in [0.2, 0.25) is 0 Å². The summed E-state index contributed by atoms with van der Waals surface area (Å²) in [5.41, 5.74) is 5.82. The second kappa shape index (κ2) is 10.0. The van der Waals surface area contributed by atoms with Crippen LogP contribution in [-0.2, 0) is 11.3 Å². The van der Waals surface area contributed by atoms with Crippen molar-refractivity contribution in [2.45, 2.75) is 13.5 Å². The van der Waals surface area contributed by atoms with Crippen LogP contribution in [0, 0.1) is 0 Å². The lowest BCUT2D eigenvalue weighted by Crippen LogP contribution is -3.28. The molecule has 1 aliphatic heterocycles. The lowest BCUT2D eigenvalue weighted by Gasteiger charge is -2.29. The molecule has 0 aromatic heterocycles. The Bertz CT molecular complexity index is 782. The van der Waals surface area contributed by atoms with Crippen LogP contribution in [0.25, 0.3) is 0 Å². The van der Waals surface area contributed by atoms with E-state index >= 15 is 0 Å². The third-order valence-electron chi connectivity index (χ3n) is 5.23. The van der Waals surface area contributed by atoms with Gasteiger partial charge < -0.3 is 14.5 Å². The van der Waals surface area contributed by atoms with Crippen LogP contribution >= 0.6 is 0 Å². The van der Waals surface area contributed by atoms with Gasteiger partial charge in [0.05, 0.1) is 12.8 Å². The Hall–Kier alpha value is -2.70. The molecule has 0 atom stereocenters. The average molecular weight is 383 g/mol. The Morgan fingerprint density at radius 1 is 1.00 bits per heavy atom. The molecule has 148 valence electrons. The Labute approximate surface area is 166 Å². The lowest BCUT2D eigenvalue weighted by atomic mass is 10.1. The van der Waals surface area contributed by atoms with Gasteiger partial charge in [-0.25, -0.2) is 5.43 Å². The number of hydrazone groups is 1. The smallest absolute Gasteiger partial charge is 0.295 e. The topological polar surface area (TPSA) is 59.6 Å². The van der Waals surface area contributed by atoms with Gasteiger partial charge in [-0.3, -0.25) is 4.79 Å². The maximum atomic E-state index is 12.3. The number of carbonyl (C=O) groups excluding carboxylic acids is 1. The molecular formula is C22H30N4O2+2. The van der Waals surface area contributed by atoms with E-state index in [9.17, 15) is 4.79 Å². The van der Waals surface area contributed by atoms with Gasteiger partial charge in [0.1, 0.15) is 38.5 Å². The van der Waals surface area contributed by atoms with Crippen LogP contribution in [0.3, 0.4) is 0 Å². The average Bonchev–Trinajstić information content (AvgIpc) is 2.74. The molecule has 0 aliphatic carbocycles. The maximum Gasteiger partial charge on any atom is 0.295 e. The normalized spacial score (nSPS) is 19.9. The van der Waals surface area contributed by atoms with E-state index in [-0.39, 0.29) is 5.91 Å². The fourth-order valence-electron chi connectivity index (χ4n) is 3.50. The van der Waals surface area contributed by atoms with Crippen molar-refractivity contribution in [2.24, 2.45) is 5.10 Å². The van der Waals surface area contributed by atoms with Crippen LogP contribution < -0.4 is 20.0 Å². The summed E-state index contributed by atoms with van der Waals surface area (Å²) in [5, 5.41) is 4.24. The van der Waals surface area contributed by atoms with Gasteiger partial charge in [-0.15, -0.1) is 0 Å². The molecule has 0 unspecified atom stereocenters. The van der Waals surface area contributed by atoms with E-state index in [0.29, 0.717) is 6.54 Å². The molecule has 0 bridgehead atoms. The highest BCUT2D eigenvalue weighted by atomic mass is 16.5. The van der Waals surface area contributed by atoms with E-state index in [2.05, 4.69) is 40.9 Å². The second-order valence-corrected chi connectivity index (χ2v) is 7.30. The van der Waals surface area contributed by atoms with E-state index in [1.807, 2.05) is 31.2 Å². The number of amides is 1. The van der Waals surface area contributed by atoms with Crippen molar-refractivity contribution in [1.29, 1.82) is 0 Å². The summed E-state index contributed by atoms with van der Waals surface area (Å²) < 4.78 is 5.16. The molecule has 1 aliphatic rings. The number of rotatable bonds is 7. The molecule has 28 heavy (non-hydrogen) atoms. The van der Waals surface area contributed by atoms with Gasteiger partial charge in [0, 0.05) is 5.56 Å². The van der Waals surface area contributed by atoms with Gasteiger partial charge >= 0.3 is 0 Å². The number of nitrogens with zero attached hydrogens (tertiary/aromatic N) is 1. The number of quaternary nitrogens is 2. The monoisotopic (exact) mass is 382 g/mol. The highest BCUT2D eigenvalue weighted by molar-refractivity contribution is 5.99. The van der Waals surface area contributed by atoms with Crippen molar-refractivity contribution in [3.8, 4) is 5.75 Å². The quantitative estimate of drug-likeness (QED) is 0.448. The molecule has 1 saturated heterocycles. The molecule has 2 aromatic rings. The Kier molecular flexibility index (Phi) is 7.17. The fraction of sp³-hybridized carbons (Fsp3) is 0.364. The first-order valence-corrected chi connectivity index (χ1v) is 9.82. The van der Waals surface area contributed by atoms with Gasteiger partial charge in [-0.1, -0.05) is 30.3 Å². The summed E-state index contributed by atoms with van der Waals surface area (Å²) in [6.07, 6.45) is 0. The van der Waals surface area contributed by atoms with Gasteiger partial charge in [-0.2, -0.15) is 5.10 Å². The fourth-order valence-corrected chi connectivity index (χ4v) is 3.50. The number of carbonyl (C=O) groups is 1. The third-order valence-corrected chi connectivity index (χ3v) is 5.23. The Morgan fingerprint density at radius 2 is 1.64 bits per heavy atom. The summed E-state index contributed by atoms with van der Waals surface area (Å²) in [4.78, 5) is 15.2. The highest BCUT2D eigenvalue weighted by Gasteiger charge is 2.24. The largest absolute Gasteiger partial charge is 0.497 e. The molecular weight excluding hydrogens is 352 g/mol. The Balaban J connectivity index is 1.41. The zero-order chi connectivity index (χ0) is 19.8. The summed E-state index contributed by atoms with van der Waals surface area (Å²) in [5.74, 6) is 0.770. The third kappa shape index (κ3) is 5.90. The van der Waals surface area contributed by atoms with Crippen LogP contribution in [-0.4, -0.2) is 51.5 Å². The lowest BCUT2D eigenvalue weighted by molar-refractivity contribution is -1.02. The van der Waals surface area contributed by atoms with Gasteiger partial charge in [-0.05, 0) is 36.8 Å². The van der Waals surface area contributed by atoms with Crippen LogP contribution in [0.1, 0.15) is 18.1 Å². The van der Waals surface area contributed by atoms with Crippen molar-refractivity contribution < 1.29 is 19.3 Å². The van der Waals surface area contributed by atoms with E-state index in [4.69, 9.17) is 4.74 Å². The number of hydrogen-bond donors (Lipinski definition) is 3. The molecule has 1 fully saturated rings. The SMILES string of the molecule is COc1ccc(/C(C)=N/NC(=O)C[NH+]2CC[NH+](Cc3ccccc3)CC2)cc1. The van der Waals surface area contributed by atoms with Crippen molar-refractivity contribution in [3.05, 3.63) is 65.7 Å². The maximum absolute atomic E-state index is 12.3. The van der Waals surface area contributed by atoms with Crippen LogP contribution in [0.4, 0.5) is 0 Å². The molecule has 6 nitrogen and oxygen atoms in total. The van der Waals surface area contributed by atoms with Crippen molar-refractivity contribution in [1.82, 2.24) is 5.43 Å². The van der Waals surface area contributed by atoms with E-state index in [1.54, 1.807) is 12.0 Å². The van der Waals surface area contributed by atoms with Crippen molar-refractivity contribution >= 4 is 11.6 Å². The zero-order valence-corrected chi connectivity index (χ0v) is 16.7. The number of nitrogens with one attached hydrogen (secondary N) is 3. The summed E-state index contributed by atoms with van der Waals surface area (Å²) >= 11 is 0. The molecule has 1 heterocycles. The van der Waals surface area contributed by atoms with Crippen LogP contribution in [0.15, 0.2) is 59.7 Å².